The van der Waals surface area contributed by atoms with Crippen LogP contribution in [0.4, 0.5) is 4.39 Å². The molecule has 2 aliphatic rings. The molecule has 1 fully saturated rings. The third-order valence-electron chi connectivity index (χ3n) is 3.91. The van der Waals surface area contributed by atoms with E-state index in [1.807, 2.05) is 13.0 Å². The van der Waals surface area contributed by atoms with Gasteiger partial charge < -0.3 is 4.74 Å². The summed E-state index contributed by atoms with van der Waals surface area (Å²) in [6, 6.07) is 5.38. The predicted molar refractivity (Wildman–Crippen MR) is 98.4 cm³/mol. The van der Waals surface area contributed by atoms with Gasteiger partial charge in [-0.15, -0.1) is 0 Å². The highest BCUT2D eigenvalue weighted by Crippen LogP contribution is 2.28. The minimum Gasteiger partial charge on any atom is -0.490 e. The van der Waals surface area contributed by atoms with Gasteiger partial charge in [0.1, 0.15) is 23.8 Å². The first-order chi connectivity index (χ1) is 12.5. The first-order valence-corrected chi connectivity index (χ1v) is 9.20. The van der Waals surface area contributed by atoms with Crippen molar-refractivity contribution >= 4 is 18.1 Å². The molecule has 0 aliphatic heterocycles. The van der Waals surface area contributed by atoms with Crippen LogP contribution in [0.3, 0.4) is 0 Å². The smallest absolute Gasteiger partial charge is 0.267 e. The van der Waals surface area contributed by atoms with Gasteiger partial charge in [-0.3, -0.25) is 14.5 Å². The number of likely N-dealkylation sites (N-methyl/N-ethyl adjacent to an activating group) is 1. The monoisotopic (exact) mass is 379 g/mol. The maximum atomic E-state index is 13.7. The second-order valence-corrected chi connectivity index (χ2v) is 7.15. The molecular formula is C18H22FN3O3S. The summed E-state index contributed by atoms with van der Waals surface area (Å²) in [7, 11) is 1.68. The number of rotatable bonds is 8. The number of carbonyl (C=O) groups excluding carboxylic acids is 1. The second kappa shape index (κ2) is 8.57. The Labute approximate surface area is 156 Å². The standard InChI is InChI=1S/C18H22FN3O3S/c1-12-9-13(11-15(10-12)24-14-7-8-14)18(23)20-21-25-26-22(2)17-6-4-3-5-16(17)19/h5-6,9-11,14,21H,3-4,7-8H2,1-2H3,(H,20,23). The van der Waals surface area contributed by atoms with Gasteiger partial charge in [0.15, 0.2) is 0 Å². The van der Waals surface area contributed by atoms with Gasteiger partial charge >= 0.3 is 0 Å². The molecule has 0 unspecified atom stereocenters. The van der Waals surface area contributed by atoms with Crippen molar-refractivity contribution in [3.05, 3.63) is 53.0 Å². The van der Waals surface area contributed by atoms with Crippen LogP contribution < -0.4 is 15.8 Å². The number of hydrogen-bond donors (Lipinski definition) is 2. The number of halogens is 1. The van der Waals surface area contributed by atoms with Gasteiger partial charge in [-0.25, -0.2) is 4.39 Å². The molecule has 1 amide bonds. The Morgan fingerprint density at radius 1 is 1.27 bits per heavy atom. The van der Waals surface area contributed by atoms with E-state index >= 15 is 0 Å². The molecule has 1 aromatic rings. The van der Waals surface area contributed by atoms with E-state index in [0.717, 1.165) is 37.1 Å². The van der Waals surface area contributed by atoms with E-state index < -0.39 is 0 Å². The number of amides is 1. The van der Waals surface area contributed by atoms with E-state index in [-0.39, 0.29) is 17.8 Å². The third kappa shape index (κ3) is 5.23. The minimum absolute atomic E-state index is 0.268. The minimum atomic E-state index is -0.347. The quantitative estimate of drug-likeness (QED) is 0.311. The summed E-state index contributed by atoms with van der Waals surface area (Å²) < 4.78 is 26.1. The Bertz CT molecular complexity index is 734. The Morgan fingerprint density at radius 2 is 2.04 bits per heavy atom. The SMILES string of the molecule is Cc1cc(OC2CC2)cc(C(=O)NNOSN(C)C2=CCCC=C2F)c1. The number of ether oxygens (including phenoxy) is 1. The van der Waals surface area contributed by atoms with Crippen molar-refractivity contribution in [1.82, 2.24) is 15.3 Å². The Hall–Kier alpha value is -2.03. The number of nitrogens with zero attached hydrogens (tertiary/aromatic N) is 1. The van der Waals surface area contributed by atoms with Crippen molar-refractivity contribution in [2.75, 3.05) is 7.05 Å². The van der Waals surface area contributed by atoms with E-state index in [0.29, 0.717) is 23.4 Å². The number of allylic oxidation sites excluding steroid dienone is 3. The number of carbonyl (C=O) groups is 1. The molecule has 6 nitrogen and oxygen atoms in total. The highest BCUT2D eigenvalue weighted by molar-refractivity contribution is 7.92. The van der Waals surface area contributed by atoms with Crippen LogP contribution in [0.5, 0.6) is 5.75 Å². The average Bonchev–Trinajstić information content (AvgIpc) is 3.42. The average molecular weight is 379 g/mol. The maximum absolute atomic E-state index is 13.7. The van der Waals surface area contributed by atoms with Crippen LogP contribution in [0, 0.1) is 6.92 Å². The third-order valence-corrected chi connectivity index (χ3v) is 4.49. The normalized spacial score (nSPS) is 16.6. The molecule has 0 aromatic heterocycles. The number of hydrazine groups is 1. The highest BCUT2D eigenvalue weighted by atomic mass is 32.2. The first-order valence-electron chi connectivity index (χ1n) is 8.50. The lowest BCUT2D eigenvalue weighted by Gasteiger charge is -2.20. The Morgan fingerprint density at radius 3 is 2.77 bits per heavy atom. The van der Waals surface area contributed by atoms with Crippen LogP contribution in [0.1, 0.15) is 41.6 Å². The summed E-state index contributed by atoms with van der Waals surface area (Å²) in [5.41, 5.74) is 6.69. The fraction of sp³-hybridized carbons (Fsp3) is 0.389. The van der Waals surface area contributed by atoms with Crippen molar-refractivity contribution in [3.8, 4) is 5.75 Å². The zero-order chi connectivity index (χ0) is 18.5. The molecule has 0 spiro atoms. The molecule has 2 N–H and O–H groups in total. The number of nitrogens with one attached hydrogen (secondary N) is 2. The summed E-state index contributed by atoms with van der Waals surface area (Å²) in [4.78, 5) is 12.2. The summed E-state index contributed by atoms with van der Waals surface area (Å²) >= 11 is 0.881. The van der Waals surface area contributed by atoms with E-state index in [1.54, 1.807) is 35.6 Å². The summed E-state index contributed by atoms with van der Waals surface area (Å²) in [6.45, 7) is 1.91. The van der Waals surface area contributed by atoms with Gasteiger partial charge in [-0.2, -0.15) is 4.28 Å². The summed E-state index contributed by atoms with van der Waals surface area (Å²) in [5.74, 6) is 0.0709. The number of aryl methyl sites for hydroxylation is 1. The van der Waals surface area contributed by atoms with E-state index in [9.17, 15) is 9.18 Å². The Kier molecular flexibility index (Phi) is 6.18. The first kappa shape index (κ1) is 18.8. The number of hydrogen-bond acceptors (Lipinski definition) is 6. The molecule has 0 radical (unpaired) electrons. The summed E-state index contributed by atoms with van der Waals surface area (Å²) in [5, 5.41) is 0. The lowest BCUT2D eigenvalue weighted by molar-refractivity contribution is 0.0826. The molecule has 0 atom stereocenters. The fourth-order valence-corrected chi connectivity index (χ4v) is 2.92. The lowest BCUT2D eigenvalue weighted by Crippen LogP contribution is -2.36. The van der Waals surface area contributed by atoms with Gasteiger partial charge in [-0.1, -0.05) is 11.7 Å². The molecule has 3 rings (SSSR count). The van der Waals surface area contributed by atoms with E-state index in [2.05, 4.69) is 11.0 Å². The second-order valence-electron chi connectivity index (χ2n) is 6.28. The zero-order valence-corrected chi connectivity index (χ0v) is 15.6. The predicted octanol–water partition coefficient (Wildman–Crippen LogP) is 3.73. The van der Waals surface area contributed by atoms with Crippen LogP contribution in [-0.2, 0) is 4.28 Å². The lowest BCUT2D eigenvalue weighted by atomic mass is 10.1. The van der Waals surface area contributed by atoms with Crippen LogP contribution >= 0.6 is 12.2 Å². The van der Waals surface area contributed by atoms with E-state index in [4.69, 9.17) is 9.02 Å². The highest BCUT2D eigenvalue weighted by Gasteiger charge is 2.24. The van der Waals surface area contributed by atoms with Gasteiger partial charge in [0.05, 0.1) is 11.8 Å². The molecule has 0 heterocycles. The molecule has 140 valence electrons. The summed E-state index contributed by atoms with van der Waals surface area (Å²) in [6.07, 6.45) is 7.22. The molecule has 26 heavy (non-hydrogen) atoms. The van der Waals surface area contributed by atoms with Crippen molar-refractivity contribution in [1.29, 1.82) is 0 Å². The maximum Gasteiger partial charge on any atom is 0.267 e. The van der Waals surface area contributed by atoms with E-state index in [1.165, 1.54) is 0 Å². The van der Waals surface area contributed by atoms with Gasteiger partial charge in [0.2, 0.25) is 0 Å². The van der Waals surface area contributed by atoms with Crippen molar-refractivity contribution in [2.45, 2.75) is 38.7 Å². The molecular weight excluding hydrogens is 357 g/mol. The molecule has 2 aliphatic carbocycles. The molecule has 0 saturated heterocycles. The molecule has 1 saturated carbocycles. The number of benzene rings is 1. The van der Waals surface area contributed by atoms with Crippen LogP contribution in [0.15, 0.2) is 41.9 Å². The van der Waals surface area contributed by atoms with Gasteiger partial charge in [0, 0.05) is 12.6 Å². The molecule has 1 aromatic carbocycles. The van der Waals surface area contributed by atoms with Gasteiger partial charge in [0.25, 0.3) is 5.91 Å². The van der Waals surface area contributed by atoms with Crippen LogP contribution in [0.2, 0.25) is 0 Å². The van der Waals surface area contributed by atoms with Gasteiger partial charge in [-0.05, 0) is 62.4 Å². The van der Waals surface area contributed by atoms with Crippen molar-refractivity contribution in [3.63, 3.8) is 0 Å². The topological polar surface area (TPSA) is 62.8 Å². The largest absolute Gasteiger partial charge is 0.490 e. The van der Waals surface area contributed by atoms with Crippen LogP contribution in [0.25, 0.3) is 0 Å². The Balaban J connectivity index is 1.46. The zero-order valence-electron chi connectivity index (χ0n) is 14.8. The molecule has 0 bridgehead atoms. The van der Waals surface area contributed by atoms with Crippen molar-refractivity contribution < 1.29 is 18.2 Å². The fourth-order valence-electron chi connectivity index (χ4n) is 2.49. The van der Waals surface area contributed by atoms with Crippen molar-refractivity contribution in [2.24, 2.45) is 0 Å². The molecule has 8 heteroatoms. The van der Waals surface area contributed by atoms with Crippen LogP contribution in [-0.4, -0.2) is 23.4 Å².